The van der Waals surface area contributed by atoms with Crippen molar-refractivity contribution in [1.82, 2.24) is 0 Å². The molecule has 1 aromatic heterocycles. The standard InChI is InChI=1S/C14H18O5S/c1-9-11(13(17)18-2)5-10(19-9)7-20-8-14(3-4-14)6-12(15)16/h5H,3-4,6-8H2,1-2H3,(H,15,16). The second kappa shape index (κ2) is 5.91. The van der Waals surface area contributed by atoms with E-state index < -0.39 is 11.9 Å². The maximum Gasteiger partial charge on any atom is 0.341 e. The fourth-order valence-corrected chi connectivity index (χ4v) is 3.43. The van der Waals surface area contributed by atoms with Gasteiger partial charge in [0.05, 0.1) is 19.3 Å². The number of esters is 1. The largest absolute Gasteiger partial charge is 0.481 e. The number of methoxy groups -OCH3 is 1. The third-order valence-corrected chi connectivity index (χ3v) is 4.82. The van der Waals surface area contributed by atoms with Crippen molar-refractivity contribution in [1.29, 1.82) is 0 Å². The number of carbonyl (C=O) groups excluding carboxylic acids is 1. The number of hydrogen-bond acceptors (Lipinski definition) is 5. The van der Waals surface area contributed by atoms with E-state index in [9.17, 15) is 9.59 Å². The lowest BCUT2D eigenvalue weighted by Crippen LogP contribution is -2.11. The van der Waals surface area contributed by atoms with Gasteiger partial charge in [0.25, 0.3) is 0 Å². The van der Waals surface area contributed by atoms with Gasteiger partial charge in [-0.25, -0.2) is 4.79 Å². The molecule has 0 spiro atoms. The number of carboxylic acids is 1. The summed E-state index contributed by atoms with van der Waals surface area (Å²) in [5.74, 6) is 1.60. The van der Waals surface area contributed by atoms with Gasteiger partial charge < -0.3 is 14.3 Å². The third-order valence-electron chi connectivity index (χ3n) is 3.51. The Kier molecular flexibility index (Phi) is 4.42. The maximum absolute atomic E-state index is 11.5. The summed E-state index contributed by atoms with van der Waals surface area (Å²) >= 11 is 1.65. The number of aliphatic carboxylic acids is 1. The molecule has 1 N–H and O–H groups in total. The van der Waals surface area contributed by atoms with Crippen molar-refractivity contribution in [3.8, 4) is 0 Å². The van der Waals surface area contributed by atoms with Gasteiger partial charge in [0.2, 0.25) is 0 Å². The van der Waals surface area contributed by atoms with Gasteiger partial charge >= 0.3 is 11.9 Å². The maximum atomic E-state index is 11.5. The van der Waals surface area contributed by atoms with Crippen LogP contribution in [-0.2, 0) is 15.3 Å². The molecule has 6 heteroatoms. The third kappa shape index (κ3) is 3.56. The fraction of sp³-hybridized carbons (Fsp3) is 0.571. The lowest BCUT2D eigenvalue weighted by Gasteiger charge is -2.10. The molecule has 1 aliphatic rings. The van der Waals surface area contributed by atoms with Crippen LogP contribution in [0.25, 0.3) is 0 Å². The van der Waals surface area contributed by atoms with E-state index in [-0.39, 0.29) is 11.8 Å². The summed E-state index contributed by atoms with van der Waals surface area (Å²) in [5.41, 5.74) is 0.429. The minimum atomic E-state index is -0.732. The SMILES string of the molecule is COC(=O)c1cc(CSCC2(CC(=O)O)CC2)oc1C. The first kappa shape index (κ1) is 15.0. The van der Waals surface area contributed by atoms with E-state index >= 15 is 0 Å². The zero-order valence-corrected chi connectivity index (χ0v) is 12.4. The molecule has 1 fully saturated rings. The van der Waals surface area contributed by atoms with Gasteiger partial charge in [-0.15, -0.1) is 0 Å². The van der Waals surface area contributed by atoms with Crippen LogP contribution < -0.4 is 0 Å². The van der Waals surface area contributed by atoms with Crippen molar-refractivity contribution in [3.63, 3.8) is 0 Å². The predicted octanol–water partition coefficient (Wildman–Crippen LogP) is 2.86. The van der Waals surface area contributed by atoms with Crippen LogP contribution in [0.5, 0.6) is 0 Å². The average molecular weight is 298 g/mol. The fourth-order valence-electron chi connectivity index (χ4n) is 2.17. The molecule has 1 heterocycles. The number of carbonyl (C=O) groups is 2. The molecular weight excluding hydrogens is 280 g/mol. The zero-order valence-electron chi connectivity index (χ0n) is 11.6. The van der Waals surface area contributed by atoms with E-state index in [0.29, 0.717) is 17.1 Å². The second-order valence-electron chi connectivity index (χ2n) is 5.24. The van der Waals surface area contributed by atoms with Crippen molar-refractivity contribution in [2.75, 3.05) is 12.9 Å². The van der Waals surface area contributed by atoms with Crippen LogP contribution in [0, 0.1) is 12.3 Å². The van der Waals surface area contributed by atoms with E-state index in [1.165, 1.54) is 7.11 Å². The molecule has 1 saturated carbocycles. The summed E-state index contributed by atoms with van der Waals surface area (Å²) in [7, 11) is 1.34. The summed E-state index contributed by atoms with van der Waals surface area (Å²) in [5, 5.41) is 8.85. The Bertz CT molecular complexity index is 516. The molecule has 0 radical (unpaired) electrons. The first-order valence-electron chi connectivity index (χ1n) is 6.43. The monoisotopic (exact) mass is 298 g/mol. The molecule has 2 rings (SSSR count). The minimum absolute atomic E-state index is 0.0245. The average Bonchev–Trinajstić information content (AvgIpc) is 3.02. The molecular formula is C14H18O5S. The van der Waals surface area contributed by atoms with Crippen molar-refractivity contribution in [2.24, 2.45) is 5.41 Å². The van der Waals surface area contributed by atoms with Gasteiger partial charge in [0.15, 0.2) is 0 Å². The lowest BCUT2D eigenvalue weighted by molar-refractivity contribution is -0.138. The molecule has 0 aliphatic heterocycles. The van der Waals surface area contributed by atoms with Gasteiger partial charge in [0.1, 0.15) is 17.1 Å². The van der Waals surface area contributed by atoms with Crippen molar-refractivity contribution in [3.05, 3.63) is 23.2 Å². The number of hydrogen-bond donors (Lipinski definition) is 1. The molecule has 1 aromatic rings. The van der Waals surface area contributed by atoms with Crippen LogP contribution >= 0.6 is 11.8 Å². The van der Waals surface area contributed by atoms with Gasteiger partial charge in [-0.2, -0.15) is 11.8 Å². The van der Waals surface area contributed by atoms with Crippen molar-refractivity contribution < 1.29 is 23.8 Å². The quantitative estimate of drug-likeness (QED) is 0.780. The molecule has 20 heavy (non-hydrogen) atoms. The normalized spacial score (nSPS) is 15.9. The molecule has 0 unspecified atom stereocenters. The minimum Gasteiger partial charge on any atom is -0.481 e. The van der Waals surface area contributed by atoms with Crippen molar-refractivity contribution >= 4 is 23.7 Å². The summed E-state index contributed by atoms with van der Waals surface area (Å²) in [6, 6.07) is 1.70. The zero-order chi connectivity index (χ0) is 14.8. The Hall–Kier alpha value is -1.43. The molecule has 0 aromatic carbocycles. The van der Waals surface area contributed by atoms with E-state index in [2.05, 4.69) is 4.74 Å². The number of thioether (sulfide) groups is 1. The Balaban J connectivity index is 1.86. The highest BCUT2D eigenvalue weighted by molar-refractivity contribution is 7.98. The van der Waals surface area contributed by atoms with Crippen LogP contribution in [-0.4, -0.2) is 29.9 Å². The number of carboxylic acid groups (broad SMARTS) is 1. The smallest absolute Gasteiger partial charge is 0.341 e. The van der Waals surface area contributed by atoms with Crippen LogP contribution in [0.15, 0.2) is 10.5 Å². The Morgan fingerprint density at radius 3 is 2.75 bits per heavy atom. The van der Waals surface area contributed by atoms with Gasteiger partial charge in [-0.1, -0.05) is 0 Å². The number of furan rings is 1. The first-order valence-corrected chi connectivity index (χ1v) is 7.58. The topological polar surface area (TPSA) is 76.7 Å². The van der Waals surface area contributed by atoms with E-state index in [1.807, 2.05) is 0 Å². The Morgan fingerprint density at radius 2 is 2.20 bits per heavy atom. The highest BCUT2D eigenvalue weighted by Crippen LogP contribution is 2.51. The van der Waals surface area contributed by atoms with Gasteiger partial charge in [0, 0.05) is 0 Å². The Morgan fingerprint density at radius 1 is 1.50 bits per heavy atom. The highest BCUT2D eigenvalue weighted by Gasteiger charge is 2.44. The van der Waals surface area contributed by atoms with Crippen LogP contribution in [0.3, 0.4) is 0 Å². The van der Waals surface area contributed by atoms with E-state index in [1.54, 1.807) is 24.8 Å². The summed E-state index contributed by atoms with van der Waals surface area (Å²) in [6.45, 7) is 1.73. The molecule has 0 saturated heterocycles. The Labute approximate surface area is 121 Å². The molecule has 1 aliphatic carbocycles. The molecule has 5 nitrogen and oxygen atoms in total. The van der Waals surface area contributed by atoms with Gasteiger partial charge in [-0.3, -0.25) is 4.79 Å². The van der Waals surface area contributed by atoms with Crippen LogP contribution in [0.2, 0.25) is 0 Å². The van der Waals surface area contributed by atoms with Gasteiger partial charge in [-0.05, 0) is 37.0 Å². The van der Waals surface area contributed by atoms with E-state index in [4.69, 9.17) is 9.52 Å². The molecule has 0 atom stereocenters. The van der Waals surface area contributed by atoms with Crippen LogP contribution in [0.4, 0.5) is 0 Å². The van der Waals surface area contributed by atoms with Crippen molar-refractivity contribution in [2.45, 2.75) is 31.9 Å². The number of rotatable bonds is 7. The predicted molar refractivity (Wildman–Crippen MR) is 74.9 cm³/mol. The molecule has 0 amide bonds. The first-order chi connectivity index (χ1) is 9.46. The highest BCUT2D eigenvalue weighted by atomic mass is 32.2. The lowest BCUT2D eigenvalue weighted by atomic mass is 10.1. The summed E-state index contributed by atoms with van der Waals surface area (Å²) in [4.78, 5) is 22.2. The van der Waals surface area contributed by atoms with Crippen LogP contribution in [0.1, 0.15) is 41.1 Å². The second-order valence-corrected chi connectivity index (χ2v) is 6.22. The molecule has 0 bridgehead atoms. The summed E-state index contributed by atoms with van der Waals surface area (Å²) in [6.07, 6.45) is 2.21. The number of aryl methyl sites for hydroxylation is 1. The van der Waals surface area contributed by atoms with E-state index in [0.717, 1.165) is 24.4 Å². The molecule has 110 valence electrons. The summed E-state index contributed by atoms with van der Waals surface area (Å²) < 4.78 is 10.2. The number of ether oxygens (including phenoxy) is 1.